The highest BCUT2D eigenvalue weighted by Crippen LogP contribution is 2.18. The summed E-state index contributed by atoms with van der Waals surface area (Å²) in [6, 6.07) is 22.5. The van der Waals surface area contributed by atoms with E-state index < -0.39 is 0 Å². The third-order valence-corrected chi connectivity index (χ3v) is 4.47. The van der Waals surface area contributed by atoms with Crippen LogP contribution in [0.25, 0.3) is 10.8 Å². The number of hydrogen-bond donors (Lipinski definition) is 0. The van der Waals surface area contributed by atoms with Crippen molar-refractivity contribution >= 4 is 10.8 Å². The minimum Gasteiger partial charge on any atom is -0.497 e. The maximum Gasteiger partial charge on any atom is 0.118 e. The van der Waals surface area contributed by atoms with Crippen molar-refractivity contribution in [1.82, 2.24) is 0 Å². The van der Waals surface area contributed by atoms with E-state index in [4.69, 9.17) is 9.47 Å². The van der Waals surface area contributed by atoms with E-state index in [1.807, 2.05) is 48.5 Å². The molecule has 0 aromatic heterocycles. The van der Waals surface area contributed by atoms with Gasteiger partial charge in [-0.3, -0.25) is 0 Å². The average molecular weight is 356 g/mol. The lowest BCUT2D eigenvalue weighted by atomic mass is 10.0. The summed E-state index contributed by atoms with van der Waals surface area (Å²) >= 11 is 0. The maximum atomic E-state index is 5.79. The van der Waals surface area contributed by atoms with Crippen molar-refractivity contribution in [2.75, 3.05) is 13.7 Å². The van der Waals surface area contributed by atoms with Gasteiger partial charge in [0.05, 0.1) is 13.7 Å². The Morgan fingerprint density at radius 2 is 1.78 bits per heavy atom. The Kier molecular flexibility index (Phi) is 6.68. The number of hydrogen-bond acceptors (Lipinski definition) is 2. The highest BCUT2D eigenvalue weighted by atomic mass is 16.5. The Labute approximate surface area is 161 Å². The van der Waals surface area contributed by atoms with Crippen LogP contribution < -0.4 is 4.74 Å². The van der Waals surface area contributed by atoms with Crippen LogP contribution in [0.3, 0.4) is 0 Å². The van der Waals surface area contributed by atoms with E-state index in [-0.39, 0.29) is 5.92 Å². The third-order valence-electron chi connectivity index (χ3n) is 4.47. The van der Waals surface area contributed by atoms with Crippen molar-refractivity contribution in [2.24, 2.45) is 5.92 Å². The summed E-state index contributed by atoms with van der Waals surface area (Å²) in [5.74, 6) is 7.61. The van der Waals surface area contributed by atoms with Gasteiger partial charge in [-0.2, -0.15) is 0 Å². The molecule has 0 aliphatic heterocycles. The fourth-order valence-corrected chi connectivity index (χ4v) is 2.88. The van der Waals surface area contributed by atoms with Crippen LogP contribution in [-0.4, -0.2) is 13.7 Å². The van der Waals surface area contributed by atoms with Crippen LogP contribution >= 0.6 is 0 Å². The van der Waals surface area contributed by atoms with Crippen molar-refractivity contribution in [2.45, 2.75) is 13.0 Å². The van der Waals surface area contributed by atoms with Crippen LogP contribution in [-0.2, 0) is 11.3 Å². The Hall–Kier alpha value is -3.02. The highest BCUT2D eigenvalue weighted by molar-refractivity contribution is 5.88. The number of methoxy groups -OCH3 is 1. The van der Waals surface area contributed by atoms with Gasteiger partial charge in [-0.15, -0.1) is 6.58 Å². The molecule has 2 heteroatoms. The molecule has 2 nitrogen and oxygen atoms in total. The van der Waals surface area contributed by atoms with Crippen LogP contribution in [0.1, 0.15) is 17.5 Å². The maximum absolute atomic E-state index is 5.79. The first-order chi connectivity index (χ1) is 13.3. The number of rotatable bonds is 7. The molecule has 0 radical (unpaired) electrons. The van der Waals surface area contributed by atoms with Gasteiger partial charge in [0.15, 0.2) is 0 Å². The van der Waals surface area contributed by atoms with Crippen molar-refractivity contribution in [1.29, 1.82) is 0 Å². The van der Waals surface area contributed by atoms with Gasteiger partial charge in [0.25, 0.3) is 0 Å². The normalized spacial score (nSPS) is 11.4. The van der Waals surface area contributed by atoms with E-state index in [1.165, 1.54) is 10.8 Å². The van der Waals surface area contributed by atoms with Crippen molar-refractivity contribution < 1.29 is 9.47 Å². The average Bonchev–Trinajstić information content (AvgIpc) is 2.73. The fourth-order valence-electron chi connectivity index (χ4n) is 2.88. The number of fused-ring (bicyclic) bond motifs is 1. The lowest BCUT2D eigenvalue weighted by Gasteiger charge is -2.08. The zero-order valence-corrected chi connectivity index (χ0v) is 15.7. The molecule has 0 aliphatic rings. The summed E-state index contributed by atoms with van der Waals surface area (Å²) in [7, 11) is 1.67. The van der Waals surface area contributed by atoms with Gasteiger partial charge in [-0.25, -0.2) is 0 Å². The van der Waals surface area contributed by atoms with Crippen LogP contribution in [0.5, 0.6) is 5.75 Å². The van der Waals surface area contributed by atoms with Crippen LogP contribution in [0.2, 0.25) is 0 Å². The smallest absolute Gasteiger partial charge is 0.118 e. The first kappa shape index (κ1) is 18.8. The molecular weight excluding hydrogens is 332 g/mol. The van der Waals surface area contributed by atoms with Gasteiger partial charge in [0.1, 0.15) is 5.75 Å². The second-order valence-corrected chi connectivity index (χ2v) is 6.33. The van der Waals surface area contributed by atoms with Crippen molar-refractivity contribution in [3.8, 4) is 17.6 Å². The van der Waals surface area contributed by atoms with Gasteiger partial charge in [-0.1, -0.05) is 66.4 Å². The summed E-state index contributed by atoms with van der Waals surface area (Å²) < 4.78 is 11.0. The Bertz CT molecular complexity index is 940. The van der Waals surface area contributed by atoms with E-state index >= 15 is 0 Å². The third kappa shape index (κ3) is 5.23. The molecule has 0 spiro atoms. The summed E-state index contributed by atoms with van der Waals surface area (Å²) in [6.45, 7) is 5.15. The second-order valence-electron chi connectivity index (χ2n) is 6.33. The molecular formula is C25H24O2. The first-order valence-electron chi connectivity index (χ1n) is 9.12. The molecule has 0 N–H and O–H groups in total. The summed E-state index contributed by atoms with van der Waals surface area (Å²) in [4.78, 5) is 0. The van der Waals surface area contributed by atoms with Crippen molar-refractivity contribution in [3.05, 3.63) is 90.5 Å². The van der Waals surface area contributed by atoms with Gasteiger partial charge < -0.3 is 9.47 Å². The van der Waals surface area contributed by atoms with E-state index in [0.29, 0.717) is 13.2 Å². The van der Waals surface area contributed by atoms with Gasteiger partial charge in [-0.05, 0) is 41.0 Å². The molecule has 3 rings (SSSR count). The molecule has 3 aromatic carbocycles. The molecule has 0 heterocycles. The van der Waals surface area contributed by atoms with E-state index in [2.05, 4.69) is 42.7 Å². The predicted octanol–water partition coefficient (Wildman–Crippen LogP) is 5.61. The largest absolute Gasteiger partial charge is 0.497 e. The molecule has 0 saturated carbocycles. The molecule has 0 amide bonds. The Morgan fingerprint density at radius 1 is 1.00 bits per heavy atom. The summed E-state index contributed by atoms with van der Waals surface area (Å²) in [5.41, 5.74) is 2.19. The lowest BCUT2D eigenvalue weighted by molar-refractivity contribution is 0.115. The zero-order chi connectivity index (χ0) is 18.9. The number of ether oxygens (including phenoxy) is 2. The van der Waals surface area contributed by atoms with Crippen LogP contribution in [0.4, 0.5) is 0 Å². The van der Waals surface area contributed by atoms with E-state index in [1.54, 1.807) is 7.11 Å². The van der Waals surface area contributed by atoms with Crippen LogP contribution in [0, 0.1) is 17.8 Å². The van der Waals surface area contributed by atoms with Crippen LogP contribution in [0.15, 0.2) is 79.4 Å². The number of allylic oxidation sites excluding steroid dienone is 1. The number of benzene rings is 3. The second kappa shape index (κ2) is 9.62. The Balaban J connectivity index is 1.55. The quantitative estimate of drug-likeness (QED) is 0.311. The lowest BCUT2D eigenvalue weighted by Crippen LogP contribution is -2.01. The van der Waals surface area contributed by atoms with E-state index in [0.717, 1.165) is 23.3 Å². The van der Waals surface area contributed by atoms with Gasteiger partial charge in [0, 0.05) is 18.1 Å². The summed E-state index contributed by atoms with van der Waals surface area (Å²) in [6.07, 6.45) is 2.73. The van der Waals surface area contributed by atoms with Gasteiger partial charge in [0.2, 0.25) is 0 Å². The molecule has 0 aliphatic carbocycles. The zero-order valence-electron chi connectivity index (χ0n) is 15.7. The molecule has 0 fully saturated rings. The highest BCUT2D eigenvalue weighted by Gasteiger charge is 2.02. The fraction of sp³-hybridized carbons (Fsp3) is 0.200. The predicted molar refractivity (Wildman–Crippen MR) is 112 cm³/mol. The molecule has 0 unspecified atom stereocenters. The Morgan fingerprint density at radius 3 is 2.56 bits per heavy atom. The molecule has 3 aromatic rings. The minimum atomic E-state index is 0.111. The van der Waals surface area contributed by atoms with Gasteiger partial charge >= 0.3 is 0 Å². The van der Waals surface area contributed by atoms with E-state index in [9.17, 15) is 0 Å². The first-order valence-corrected chi connectivity index (χ1v) is 9.12. The summed E-state index contributed by atoms with van der Waals surface area (Å²) in [5, 5.41) is 2.40. The van der Waals surface area contributed by atoms with Crippen molar-refractivity contribution in [3.63, 3.8) is 0 Å². The molecule has 0 bridgehead atoms. The molecule has 136 valence electrons. The topological polar surface area (TPSA) is 18.5 Å². The monoisotopic (exact) mass is 356 g/mol. The molecule has 0 saturated heterocycles. The SMILES string of the molecule is C=C[C@H](C#Cc1cccc2ccccc12)CCOCc1ccc(OC)cc1. The molecule has 27 heavy (non-hydrogen) atoms. The minimum absolute atomic E-state index is 0.111. The standard InChI is InChI=1S/C25H24O2/c1-3-20(17-18-27-19-21-12-15-24(26-2)16-13-21)11-14-23-9-6-8-22-7-4-5-10-25(22)23/h3-10,12-13,15-16,20H,1,17-19H2,2H3/t20-/m1/s1. The molecule has 1 atom stereocenters.